The topological polar surface area (TPSA) is 469 Å². The van der Waals surface area contributed by atoms with Gasteiger partial charge < -0.3 is 84.0 Å². The van der Waals surface area contributed by atoms with Crippen molar-refractivity contribution in [2.45, 2.75) is 127 Å². The molecule has 378 valence electrons. The van der Waals surface area contributed by atoms with Gasteiger partial charge in [0.25, 0.3) is 0 Å². The third kappa shape index (κ3) is 21.2. The van der Waals surface area contributed by atoms with Crippen LogP contribution in [0.15, 0.2) is 24.3 Å². The fourth-order valence-electron chi connectivity index (χ4n) is 5.89. The van der Waals surface area contributed by atoms with E-state index >= 15 is 0 Å². The van der Waals surface area contributed by atoms with Crippen LogP contribution < -0.4 is 48.3 Å². The standard InChI is InChI=1S/C40H59N9O19/c1-16(2)10-23(45-34(61)22(41)11-20-6-8-21(52)9-7-20)35(62)46-25(13-29(56)57)37(64)48-31(18(4)50)39(66)42-15-27(53)43-17(3)33(60)44-24(12-28(54)55)36(63)47-26(14-30(58)59)38(65)49-32(19(5)51)40(67)68/h6-9,16-19,22-26,31-32,50-52H,10-15,41H2,1-5H3,(H,42,66)(H,43,53)(H,44,60)(H,45,61)(H,46,62)(H,47,63)(H,48,64)(H,49,65)(H,54,55)(H,56,57)(H,58,59)(H,67,68)/t17-,18+,19+,22-,23-,24-,25-,26-,31-,32-/m0/s1. The maximum atomic E-state index is 13.4. The second-order valence-electron chi connectivity index (χ2n) is 15.9. The highest BCUT2D eigenvalue weighted by Gasteiger charge is 2.36. The monoisotopic (exact) mass is 969 g/mol. The molecule has 28 heteroatoms. The summed E-state index contributed by atoms with van der Waals surface area (Å²) >= 11 is 0. The molecule has 0 saturated heterocycles. The number of aliphatic hydroxyl groups is 2. The first-order valence-corrected chi connectivity index (χ1v) is 20.7. The molecule has 17 N–H and O–H groups in total. The SMILES string of the molecule is CC(C)C[C@H](NC(=O)[C@@H](N)Cc1ccc(O)cc1)C(=O)N[C@@H](CC(=O)O)C(=O)N[C@H](C(=O)NCC(=O)N[C@@H](C)C(=O)N[C@@H](CC(=O)O)C(=O)N[C@@H](CC(=O)O)C(=O)N[C@H](C(=O)O)[C@@H](C)O)[C@@H](C)O. The van der Waals surface area contributed by atoms with E-state index in [-0.39, 0.29) is 24.5 Å². The van der Waals surface area contributed by atoms with Crippen LogP contribution in [0.1, 0.15) is 65.9 Å². The lowest BCUT2D eigenvalue weighted by Gasteiger charge is -2.27. The van der Waals surface area contributed by atoms with Gasteiger partial charge >= 0.3 is 23.9 Å². The van der Waals surface area contributed by atoms with Crippen LogP contribution in [0.25, 0.3) is 0 Å². The highest BCUT2D eigenvalue weighted by atomic mass is 16.4. The Bertz CT molecular complexity index is 2010. The van der Waals surface area contributed by atoms with Crippen LogP contribution in [0, 0.1) is 5.92 Å². The van der Waals surface area contributed by atoms with E-state index in [1.54, 1.807) is 13.8 Å². The predicted octanol–water partition coefficient (Wildman–Crippen LogP) is -5.89. The summed E-state index contributed by atoms with van der Waals surface area (Å²) in [5.74, 6) is -16.3. The number of hydrogen-bond acceptors (Lipinski definition) is 16. The number of rotatable bonds is 29. The van der Waals surface area contributed by atoms with Gasteiger partial charge in [-0.05, 0) is 57.2 Å². The number of hydrogen-bond donors (Lipinski definition) is 16. The summed E-state index contributed by atoms with van der Waals surface area (Å²) in [6.45, 7) is 5.55. The molecule has 0 aliphatic rings. The number of aliphatic hydroxyl groups excluding tert-OH is 2. The van der Waals surface area contributed by atoms with Gasteiger partial charge in [-0.3, -0.25) is 52.7 Å². The minimum Gasteiger partial charge on any atom is -0.508 e. The van der Waals surface area contributed by atoms with E-state index in [1.807, 2.05) is 16.0 Å². The number of aromatic hydroxyl groups is 1. The number of carboxylic acids is 4. The summed E-state index contributed by atoms with van der Waals surface area (Å²) in [7, 11) is 0. The Kier molecular flexibility index (Phi) is 24.0. The molecule has 0 aliphatic carbocycles. The first kappa shape index (κ1) is 58.6. The molecule has 68 heavy (non-hydrogen) atoms. The van der Waals surface area contributed by atoms with Crippen LogP contribution in [0.3, 0.4) is 0 Å². The van der Waals surface area contributed by atoms with Crippen molar-refractivity contribution < 1.29 is 93.3 Å². The minimum atomic E-state index is -2.04. The number of carbonyl (C=O) groups is 12. The Hall–Kier alpha value is -7.46. The molecule has 0 heterocycles. The first-order valence-electron chi connectivity index (χ1n) is 20.7. The Morgan fingerprint density at radius 3 is 1.32 bits per heavy atom. The zero-order valence-electron chi connectivity index (χ0n) is 37.5. The van der Waals surface area contributed by atoms with Gasteiger partial charge in [-0.2, -0.15) is 0 Å². The van der Waals surface area contributed by atoms with Crippen molar-refractivity contribution in [3.05, 3.63) is 29.8 Å². The molecule has 0 aromatic heterocycles. The van der Waals surface area contributed by atoms with Crippen molar-refractivity contribution >= 4 is 71.1 Å². The minimum absolute atomic E-state index is 0.00341. The number of phenolic OH excluding ortho intramolecular Hbond substituents is 1. The highest BCUT2D eigenvalue weighted by Crippen LogP contribution is 2.12. The highest BCUT2D eigenvalue weighted by molar-refractivity contribution is 5.99. The molecular formula is C40H59N9O19. The van der Waals surface area contributed by atoms with E-state index < -0.39 is 157 Å². The molecule has 0 unspecified atom stereocenters. The number of nitrogens with two attached hydrogens (primary N) is 1. The van der Waals surface area contributed by atoms with Gasteiger partial charge in [0.05, 0.1) is 44.1 Å². The summed E-state index contributed by atoms with van der Waals surface area (Å²) in [5, 5.41) is 83.6. The Morgan fingerprint density at radius 2 is 0.912 bits per heavy atom. The fraction of sp³-hybridized carbons (Fsp3) is 0.550. The largest absolute Gasteiger partial charge is 0.508 e. The summed E-state index contributed by atoms with van der Waals surface area (Å²) in [6, 6.07) is -8.05. The molecule has 0 saturated carbocycles. The van der Waals surface area contributed by atoms with Crippen LogP contribution in [0.5, 0.6) is 5.75 Å². The summed E-state index contributed by atoms with van der Waals surface area (Å²) < 4.78 is 0. The molecule has 1 aromatic carbocycles. The van der Waals surface area contributed by atoms with E-state index in [2.05, 4.69) is 26.6 Å². The molecule has 0 spiro atoms. The quantitative estimate of drug-likeness (QED) is 0.0355. The normalized spacial score (nSPS) is 15.4. The molecule has 0 radical (unpaired) electrons. The van der Waals surface area contributed by atoms with Gasteiger partial charge in [0.15, 0.2) is 6.04 Å². The number of nitrogens with one attached hydrogen (secondary N) is 8. The van der Waals surface area contributed by atoms with Crippen molar-refractivity contribution in [3.63, 3.8) is 0 Å². The Balaban J connectivity index is 3.04. The van der Waals surface area contributed by atoms with E-state index in [0.29, 0.717) is 5.56 Å². The van der Waals surface area contributed by atoms with Crippen molar-refractivity contribution in [1.82, 2.24) is 42.5 Å². The van der Waals surface area contributed by atoms with Gasteiger partial charge in [-0.25, -0.2) is 4.79 Å². The lowest BCUT2D eigenvalue weighted by Crippen LogP contribution is -2.60. The van der Waals surface area contributed by atoms with Crippen LogP contribution in [-0.4, -0.2) is 174 Å². The Labute approximate surface area is 387 Å². The van der Waals surface area contributed by atoms with Crippen molar-refractivity contribution in [2.24, 2.45) is 11.7 Å². The molecule has 10 atom stereocenters. The summed E-state index contributed by atoms with van der Waals surface area (Å²) in [5.41, 5.74) is 6.63. The van der Waals surface area contributed by atoms with Crippen LogP contribution >= 0.6 is 0 Å². The lowest BCUT2D eigenvalue weighted by atomic mass is 10.0. The maximum absolute atomic E-state index is 13.4. The maximum Gasteiger partial charge on any atom is 0.328 e. The van der Waals surface area contributed by atoms with Crippen molar-refractivity contribution in [2.75, 3.05) is 6.54 Å². The van der Waals surface area contributed by atoms with E-state index in [4.69, 9.17) is 5.73 Å². The van der Waals surface area contributed by atoms with Crippen LogP contribution in [0.4, 0.5) is 0 Å². The van der Waals surface area contributed by atoms with Gasteiger partial charge in [0.2, 0.25) is 47.3 Å². The van der Waals surface area contributed by atoms with Gasteiger partial charge in [0.1, 0.15) is 42.0 Å². The third-order valence-electron chi connectivity index (χ3n) is 9.41. The summed E-state index contributed by atoms with van der Waals surface area (Å²) in [4.78, 5) is 150. The lowest BCUT2D eigenvalue weighted by molar-refractivity contribution is -0.146. The zero-order chi connectivity index (χ0) is 52.2. The molecule has 1 aromatic rings. The molecular weight excluding hydrogens is 910 g/mol. The molecule has 1 rings (SSSR count). The average molecular weight is 970 g/mol. The average Bonchev–Trinajstić information content (AvgIpc) is 3.22. The smallest absolute Gasteiger partial charge is 0.328 e. The fourth-order valence-corrected chi connectivity index (χ4v) is 5.89. The number of carboxylic acid groups (broad SMARTS) is 4. The van der Waals surface area contributed by atoms with Crippen molar-refractivity contribution in [3.8, 4) is 5.75 Å². The number of aliphatic carboxylic acids is 4. The van der Waals surface area contributed by atoms with Gasteiger partial charge in [-0.1, -0.05) is 26.0 Å². The number of carbonyl (C=O) groups excluding carboxylic acids is 8. The molecule has 0 aliphatic heterocycles. The Morgan fingerprint density at radius 1 is 0.515 bits per heavy atom. The van der Waals surface area contributed by atoms with Crippen LogP contribution in [-0.2, 0) is 64.0 Å². The third-order valence-corrected chi connectivity index (χ3v) is 9.41. The number of phenols is 1. The first-order chi connectivity index (χ1) is 31.5. The van der Waals surface area contributed by atoms with E-state index in [9.17, 15) is 93.3 Å². The van der Waals surface area contributed by atoms with Gasteiger partial charge in [0, 0.05) is 0 Å². The summed E-state index contributed by atoms with van der Waals surface area (Å²) in [6.07, 6.45) is -6.73. The molecule has 28 nitrogen and oxygen atoms in total. The number of amides is 8. The van der Waals surface area contributed by atoms with Crippen LogP contribution in [0.2, 0.25) is 0 Å². The molecule has 0 bridgehead atoms. The predicted molar refractivity (Wildman–Crippen MR) is 229 cm³/mol. The zero-order valence-corrected chi connectivity index (χ0v) is 37.5. The number of benzene rings is 1. The van der Waals surface area contributed by atoms with Gasteiger partial charge in [-0.15, -0.1) is 0 Å². The van der Waals surface area contributed by atoms with E-state index in [1.165, 1.54) is 24.3 Å². The van der Waals surface area contributed by atoms with Crippen molar-refractivity contribution in [1.29, 1.82) is 0 Å². The molecule has 0 fully saturated rings. The second-order valence-corrected chi connectivity index (χ2v) is 15.9. The van der Waals surface area contributed by atoms with E-state index in [0.717, 1.165) is 20.8 Å². The second kappa shape index (κ2) is 27.9. The molecule has 8 amide bonds.